The zero-order valence-corrected chi connectivity index (χ0v) is 13.1. The summed E-state index contributed by atoms with van der Waals surface area (Å²) in [5.41, 5.74) is 2.49. The van der Waals surface area contributed by atoms with Crippen molar-refractivity contribution in [1.82, 2.24) is 0 Å². The van der Waals surface area contributed by atoms with Gasteiger partial charge in [0.25, 0.3) is 0 Å². The van der Waals surface area contributed by atoms with Gasteiger partial charge in [0.15, 0.2) is 0 Å². The normalized spacial score (nSPS) is 10.2. The van der Waals surface area contributed by atoms with Crippen molar-refractivity contribution < 1.29 is 4.79 Å². The fourth-order valence-electron chi connectivity index (χ4n) is 1.88. The molecule has 110 valence electrons. The van der Waals surface area contributed by atoms with Gasteiger partial charge in [-0.25, -0.2) is 0 Å². The number of hydrogen-bond donors (Lipinski definition) is 2. The van der Waals surface area contributed by atoms with Crippen molar-refractivity contribution in [2.45, 2.75) is 19.8 Å². The van der Waals surface area contributed by atoms with Crippen LogP contribution in [0.25, 0.3) is 0 Å². The van der Waals surface area contributed by atoms with E-state index in [1.807, 2.05) is 31.2 Å². The Morgan fingerprint density at radius 2 is 1.52 bits per heavy atom. The molecule has 21 heavy (non-hydrogen) atoms. The van der Waals surface area contributed by atoms with Crippen LogP contribution in [0.4, 0.5) is 17.1 Å². The number of carbonyl (C=O) groups excluding carboxylic acids is 1. The number of amides is 1. The highest BCUT2D eigenvalue weighted by Gasteiger charge is 2.02. The van der Waals surface area contributed by atoms with Gasteiger partial charge in [-0.3, -0.25) is 4.79 Å². The Labute approximate surface area is 134 Å². The first kappa shape index (κ1) is 15.7. The van der Waals surface area contributed by atoms with Crippen LogP contribution in [0.1, 0.15) is 19.8 Å². The number of benzene rings is 2. The lowest BCUT2D eigenvalue weighted by Crippen LogP contribution is -2.10. The van der Waals surface area contributed by atoms with Crippen molar-refractivity contribution in [1.29, 1.82) is 0 Å². The lowest BCUT2D eigenvalue weighted by atomic mass is 10.2. The average molecular weight is 323 g/mol. The quantitative estimate of drug-likeness (QED) is 0.765. The van der Waals surface area contributed by atoms with E-state index >= 15 is 0 Å². The van der Waals surface area contributed by atoms with Gasteiger partial charge in [-0.1, -0.05) is 30.1 Å². The molecule has 0 radical (unpaired) electrons. The largest absolute Gasteiger partial charge is 0.355 e. The van der Waals surface area contributed by atoms with E-state index in [-0.39, 0.29) is 5.91 Å². The third kappa shape index (κ3) is 4.96. The number of carbonyl (C=O) groups is 1. The smallest absolute Gasteiger partial charge is 0.224 e. The summed E-state index contributed by atoms with van der Waals surface area (Å²) in [6.07, 6.45) is 1.36. The zero-order valence-electron chi connectivity index (χ0n) is 11.6. The third-order valence-corrected chi connectivity index (χ3v) is 3.23. The van der Waals surface area contributed by atoms with Crippen molar-refractivity contribution in [3.8, 4) is 0 Å². The first-order chi connectivity index (χ1) is 10.1. The minimum atomic E-state index is 0.0276. The Bertz CT molecular complexity index is 606. The molecular formula is C16H16Cl2N2O. The van der Waals surface area contributed by atoms with Gasteiger partial charge in [0.2, 0.25) is 5.91 Å². The summed E-state index contributed by atoms with van der Waals surface area (Å²) in [4.78, 5) is 11.5. The summed E-state index contributed by atoms with van der Waals surface area (Å²) in [5, 5.41) is 7.21. The summed E-state index contributed by atoms with van der Waals surface area (Å²) in [6.45, 7) is 1.97. The maximum absolute atomic E-state index is 11.5. The van der Waals surface area contributed by atoms with Crippen LogP contribution in [0.15, 0.2) is 42.5 Å². The fourth-order valence-corrected chi connectivity index (χ4v) is 2.41. The molecule has 5 heteroatoms. The first-order valence-corrected chi connectivity index (χ1v) is 7.45. The Morgan fingerprint density at radius 1 is 0.952 bits per heavy atom. The minimum Gasteiger partial charge on any atom is -0.355 e. The second kappa shape index (κ2) is 7.34. The lowest BCUT2D eigenvalue weighted by molar-refractivity contribution is -0.116. The molecule has 0 aliphatic heterocycles. The van der Waals surface area contributed by atoms with E-state index in [9.17, 15) is 4.79 Å². The molecular weight excluding hydrogens is 307 g/mol. The van der Waals surface area contributed by atoms with Crippen LogP contribution in [0.5, 0.6) is 0 Å². The van der Waals surface area contributed by atoms with Gasteiger partial charge in [-0.15, -0.1) is 0 Å². The minimum absolute atomic E-state index is 0.0276. The van der Waals surface area contributed by atoms with Gasteiger partial charge < -0.3 is 10.6 Å². The Hall–Kier alpha value is -1.71. The average Bonchev–Trinajstić information content (AvgIpc) is 2.40. The monoisotopic (exact) mass is 322 g/mol. The van der Waals surface area contributed by atoms with E-state index in [4.69, 9.17) is 23.2 Å². The molecule has 0 saturated carbocycles. The SMILES string of the molecule is CCCC(=O)Nc1ccc(Nc2cc(Cl)cc(Cl)c2)cc1. The molecule has 2 aromatic rings. The first-order valence-electron chi connectivity index (χ1n) is 6.70. The molecule has 2 N–H and O–H groups in total. The predicted molar refractivity (Wildman–Crippen MR) is 89.7 cm³/mol. The topological polar surface area (TPSA) is 41.1 Å². The van der Waals surface area contributed by atoms with E-state index in [1.54, 1.807) is 18.2 Å². The molecule has 0 saturated heterocycles. The van der Waals surface area contributed by atoms with Gasteiger partial charge >= 0.3 is 0 Å². The lowest BCUT2D eigenvalue weighted by Gasteiger charge is -2.09. The standard InChI is InChI=1S/C16H16Cl2N2O/c1-2-3-16(21)20-14-6-4-13(5-7-14)19-15-9-11(17)8-12(18)10-15/h4-10,19H,2-3H2,1H3,(H,20,21). The maximum Gasteiger partial charge on any atom is 0.224 e. The number of nitrogens with one attached hydrogen (secondary N) is 2. The van der Waals surface area contributed by atoms with Crippen LogP contribution < -0.4 is 10.6 Å². The maximum atomic E-state index is 11.5. The summed E-state index contributed by atoms with van der Waals surface area (Å²) < 4.78 is 0. The summed E-state index contributed by atoms with van der Waals surface area (Å²) in [5.74, 6) is 0.0276. The molecule has 0 heterocycles. The molecule has 1 amide bonds. The number of hydrogen-bond acceptors (Lipinski definition) is 2. The van der Waals surface area contributed by atoms with Crippen LogP contribution in [0, 0.1) is 0 Å². The molecule has 0 unspecified atom stereocenters. The van der Waals surface area contributed by atoms with Crippen LogP contribution in [-0.2, 0) is 4.79 Å². The highest BCUT2D eigenvalue weighted by Crippen LogP contribution is 2.25. The second-order valence-electron chi connectivity index (χ2n) is 4.66. The summed E-state index contributed by atoms with van der Waals surface area (Å²) in [7, 11) is 0. The van der Waals surface area contributed by atoms with Crippen LogP contribution in [0.3, 0.4) is 0 Å². The molecule has 0 aliphatic rings. The number of rotatable bonds is 5. The van der Waals surface area contributed by atoms with E-state index in [0.717, 1.165) is 23.5 Å². The Kier molecular flexibility index (Phi) is 5.48. The van der Waals surface area contributed by atoms with Crippen LogP contribution in [-0.4, -0.2) is 5.91 Å². The molecule has 0 spiro atoms. The molecule has 3 nitrogen and oxygen atoms in total. The van der Waals surface area contributed by atoms with Gasteiger partial charge in [-0.2, -0.15) is 0 Å². The Balaban J connectivity index is 2.03. The van der Waals surface area contributed by atoms with E-state index in [2.05, 4.69) is 10.6 Å². The fraction of sp³-hybridized carbons (Fsp3) is 0.188. The van der Waals surface area contributed by atoms with Crippen molar-refractivity contribution >= 4 is 46.2 Å². The van der Waals surface area contributed by atoms with Crippen molar-refractivity contribution in [2.75, 3.05) is 10.6 Å². The third-order valence-electron chi connectivity index (χ3n) is 2.80. The van der Waals surface area contributed by atoms with Gasteiger partial charge in [-0.05, 0) is 48.9 Å². The van der Waals surface area contributed by atoms with E-state index in [0.29, 0.717) is 16.5 Å². The molecule has 0 fully saturated rings. The number of anilines is 3. The van der Waals surface area contributed by atoms with Gasteiger partial charge in [0, 0.05) is 33.5 Å². The summed E-state index contributed by atoms with van der Waals surface area (Å²) >= 11 is 11.9. The Morgan fingerprint density at radius 3 is 2.10 bits per heavy atom. The predicted octanol–water partition coefficient (Wildman–Crippen LogP) is 5.48. The van der Waals surface area contributed by atoms with Crippen molar-refractivity contribution in [3.05, 3.63) is 52.5 Å². The van der Waals surface area contributed by atoms with Crippen LogP contribution in [0.2, 0.25) is 10.0 Å². The molecule has 2 aromatic carbocycles. The highest BCUT2D eigenvalue weighted by molar-refractivity contribution is 6.35. The molecule has 0 bridgehead atoms. The number of halogens is 2. The van der Waals surface area contributed by atoms with Crippen molar-refractivity contribution in [3.63, 3.8) is 0 Å². The second-order valence-corrected chi connectivity index (χ2v) is 5.53. The molecule has 0 aromatic heterocycles. The molecule has 0 atom stereocenters. The van der Waals surface area contributed by atoms with E-state index < -0.39 is 0 Å². The highest BCUT2D eigenvalue weighted by atomic mass is 35.5. The van der Waals surface area contributed by atoms with Gasteiger partial charge in [0.05, 0.1) is 0 Å². The van der Waals surface area contributed by atoms with Crippen molar-refractivity contribution in [2.24, 2.45) is 0 Å². The zero-order chi connectivity index (χ0) is 15.2. The van der Waals surface area contributed by atoms with Crippen LogP contribution >= 0.6 is 23.2 Å². The van der Waals surface area contributed by atoms with Gasteiger partial charge in [0.1, 0.15) is 0 Å². The molecule has 2 rings (SSSR count). The van der Waals surface area contributed by atoms with E-state index in [1.165, 1.54) is 0 Å². The molecule has 0 aliphatic carbocycles. The summed E-state index contributed by atoms with van der Waals surface area (Å²) in [6, 6.07) is 12.7.